The fourth-order valence-electron chi connectivity index (χ4n) is 1.27. The van der Waals surface area contributed by atoms with Crippen LogP contribution in [0.2, 0.25) is 5.02 Å². The number of nitrogens with zero attached hydrogens (tertiary/aromatic N) is 2. The SMILES string of the molecule is NC(=O)c1ccc(Cl)c(NC(=O)c2ncn[nH]2)c1. The van der Waals surface area contributed by atoms with Crippen LogP contribution in [0.5, 0.6) is 0 Å². The van der Waals surface area contributed by atoms with Gasteiger partial charge in [0.05, 0.1) is 10.7 Å². The van der Waals surface area contributed by atoms with Crippen LogP contribution in [0.25, 0.3) is 0 Å². The third-order valence-corrected chi connectivity index (χ3v) is 2.46. The van der Waals surface area contributed by atoms with Crippen molar-refractivity contribution in [1.82, 2.24) is 15.2 Å². The molecule has 2 rings (SSSR count). The fourth-order valence-corrected chi connectivity index (χ4v) is 1.44. The normalized spacial score (nSPS) is 10.1. The van der Waals surface area contributed by atoms with Gasteiger partial charge in [0, 0.05) is 5.56 Å². The molecule has 92 valence electrons. The van der Waals surface area contributed by atoms with Gasteiger partial charge in [-0.3, -0.25) is 14.7 Å². The highest BCUT2D eigenvalue weighted by molar-refractivity contribution is 6.34. The highest BCUT2D eigenvalue weighted by atomic mass is 35.5. The molecule has 0 radical (unpaired) electrons. The fraction of sp³-hybridized carbons (Fsp3) is 0. The van der Waals surface area contributed by atoms with Gasteiger partial charge in [0.25, 0.3) is 5.91 Å². The number of aromatic nitrogens is 3. The summed E-state index contributed by atoms with van der Waals surface area (Å²) in [5.74, 6) is -1.09. The lowest BCUT2D eigenvalue weighted by Crippen LogP contribution is -2.16. The number of nitrogens with two attached hydrogens (primary N) is 1. The number of H-pyrrole nitrogens is 1. The summed E-state index contributed by atoms with van der Waals surface area (Å²) in [5, 5.41) is 8.74. The maximum atomic E-state index is 11.7. The molecule has 0 fully saturated rings. The van der Waals surface area contributed by atoms with Gasteiger partial charge in [-0.2, -0.15) is 5.10 Å². The van der Waals surface area contributed by atoms with E-state index in [0.29, 0.717) is 0 Å². The molecule has 1 heterocycles. The van der Waals surface area contributed by atoms with Crippen LogP contribution in [-0.2, 0) is 0 Å². The lowest BCUT2D eigenvalue weighted by molar-refractivity contribution is 0.0994. The second kappa shape index (κ2) is 4.84. The number of nitrogens with one attached hydrogen (secondary N) is 2. The van der Waals surface area contributed by atoms with Crippen molar-refractivity contribution in [2.24, 2.45) is 5.73 Å². The topological polar surface area (TPSA) is 114 Å². The molecule has 8 heteroatoms. The first-order valence-corrected chi connectivity index (χ1v) is 5.22. The van der Waals surface area contributed by atoms with Gasteiger partial charge in [-0.1, -0.05) is 11.6 Å². The number of aromatic amines is 1. The van der Waals surface area contributed by atoms with Crippen molar-refractivity contribution in [2.45, 2.75) is 0 Å². The molecule has 7 nitrogen and oxygen atoms in total. The summed E-state index contributed by atoms with van der Waals surface area (Å²) in [5.41, 5.74) is 5.65. The Balaban J connectivity index is 2.26. The number of hydrogen-bond acceptors (Lipinski definition) is 4. The first kappa shape index (κ1) is 12.1. The molecule has 1 aromatic heterocycles. The highest BCUT2D eigenvalue weighted by Gasteiger charge is 2.12. The van der Waals surface area contributed by atoms with Crippen LogP contribution in [0.4, 0.5) is 5.69 Å². The minimum Gasteiger partial charge on any atom is -0.366 e. The third-order valence-electron chi connectivity index (χ3n) is 2.13. The van der Waals surface area contributed by atoms with Gasteiger partial charge in [-0.25, -0.2) is 4.98 Å². The number of hydrogen-bond donors (Lipinski definition) is 3. The van der Waals surface area contributed by atoms with Crippen LogP contribution in [-0.4, -0.2) is 27.0 Å². The summed E-state index contributed by atoms with van der Waals surface area (Å²) in [6.07, 6.45) is 1.20. The van der Waals surface area contributed by atoms with E-state index in [0.717, 1.165) is 0 Å². The molecule has 0 spiro atoms. The number of anilines is 1. The molecule has 1 aromatic carbocycles. The van der Waals surface area contributed by atoms with E-state index in [2.05, 4.69) is 20.5 Å². The summed E-state index contributed by atoms with van der Waals surface area (Å²) in [6, 6.07) is 4.32. The predicted molar refractivity (Wildman–Crippen MR) is 64.3 cm³/mol. The Bertz CT molecular complexity index is 596. The van der Waals surface area contributed by atoms with E-state index >= 15 is 0 Å². The van der Waals surface area contributed by atoms with Gasteiger partial charge in [-0.15, -0.1) is 0 Å². The van der Waals surface area contributed by atoms with Crippen LogP contribution in [0.3, 0.4) is 0 Å². The summed E-state index contributed by atoms with van der Waals surface area (Å²) in [6.45, 7) is 0. The summed E-state index contributed by atoms with van der Waals surface area (Å²) < 4.78 is 0. The zero-order valence-electron chi connectivity index (χ0n) is 8.98. The van der Waals surface area contributed by atoms with Gasteiger partial charge in [0.2, 0.25) is 11.7 Å². The number of halogens is 1. The Morgan fingerprint density at radius 3 is 2.78 bits per heavy atom. The van der Waals surface area contributed by atoms with Crippen molar-refractivity contribution in [3.8, 4) is 0 Å². The van der Waals surface area contributed by atoms with Gasteiger partial charge < -0.3 is 11.1 Å². The first-order valence-electron chi connectivity index (χ1n) is 4.84. The Kier molecular flexibility index (Phi) is 3.24. The largest absolute Gasteiger partial charge is 0.366 e. The van der Waals surface area contributed by atoms with Crippen molar-refractivity contribution < 1.29 is 9.59 Å². The number of rotatable bonds is 3. The smallest absolute Gasteiger partial charge is 0.293 e. The molecule has 0 aliphatic rings. The standard InChI is InChI=1S/C10H8ClN5O2/c11-6-2-1-5(8(12)17)3-7(6)15-10(18)9-13-4-14-16-9/h1-4H,(H2,12,17)(H,15,18)(H,13,14,16). The number of primary amides is 1. The third kappa shape index (κ3) is 2.46. The van der Waals surface area contributed by atoms with Gasteiger partial charge >= 0.3 is 0 Å². The molecule has 0 saturated heterocycles. The summed E-state index contributed by atoms with van der Waals surface area (Å²) in [4.78, 5) is 26.4. The number of carbonyl (C=O) groups is 2. The van der Waals surface area contributed by atoms with Crippen LogP contribution in [0, 0.1) is 0 Å². The minimum atomic E-state index is -0.609. The van der Waals surface area contributed by atoms with Crippen molar-refractivity contribution in [1.29, 1.82) is 0 Å². The van der Waals surface area contributed by atoms with E-state index < -0.39 is 11.8 Å². The highest BCUT2D eigenvalue weighted by Crippen LogP contribution is 2.23. The average Bonchev–Trinajstić information content (AvgIpc) is 2.85. The van der Waals surface area contributed by atoms with Gasteiger partial charge in [-0.05, 0) is 18.2 Å². The maximum Gasteiger partial charge on any atom is 0.293 e. The van der Waals surface area contributed by atoms with Crippen molar-refractivity contribution in [2.75, 3.05) is 5.32 Å². The zero-order valence-corrected chi connectivity index (χ0v) is 9.73. The van der Waals surface area contributed by atoms with E-state index in [9.17, 15) is 9.59 Å². The van der Waals surface area contributed by atoms with E-state index in [1.54, 1.807) is 0 Å². The maximum absolute atomic E-state index is 11.7. The lowest BCUT2D eigenvalue weighted by Gasteiger charge is -2.06. The van der Waals surface area contributed by atoms with Crippen LogP contribution < -0.4 is 11.1 Å². The van der Waals surface area contributed by atoms with E-state index in [1.165, 1.54) is 24.5 Å². The van der Waals surface area contributed by atoms with Crippen molar-refractivity contribution in [3.05, 3.63) is 40.9 Å². The van der Waals surface area contributed by atoms with Crippen LogP contribution >= 0.6 is 11.6 Å². The van der Waals surface area contributed by atoms with Gasteiger partial charge in [0.1, 0.15) is 6.33 Å². The molecule has 2 aromatic rings. The predicted octanol–water partition coefficient (Wildman–Crippen LogP) is 0.809. The minimum absolute atomic E-state index is 0.0375. The molecular formula is C10H8ClN5O2. The molecule has 0 aliphatic heterocycles. The molecule has 0 bridgehead atoms. The molecule has 0 unspecified atom stereocenters. The number of amides is 2. The van der Waals surface area contributed by atoms with E-state index in [-0.39, 0.29) is 22.1 Å². The number of benzene rings is 1. The molecule has 0 atom stereocenters. The number of carbonyl (C=O) groups excluding carboxylic acids is 2. The summed E-state index contributed by atoms with van der Waals surface area (Å²) in [7, 11) is 0. The molecule has 0 saturated carbocycles. The Labute approximate surface area is 106 Å². The van der Waals surface area contributed by atoms with Gasteiger partial charge in [0.15, 0.2) is 0 Å². The Morgan fingerprint density at radius 2 is 2.17 bits per heavy atom. The van der Waals surface area contributed by atoms with E-state index in [4.69, 9.17) is 17.3 Å². The monoisotopic (exact) mass is 265 g/mol. The molecule has 4 N–H and O–H groups in total. The van der Waals surface area contributed by atoms with E-state index in [1.807, 2.05) is 0 Å². The van der Waals surface area contributed by atoms with Crippen LogP contribution in [0.1, 0.15) is 21.0 Å². The quantitative estimate of drug-likeness (QED) is 0.762. The Hall–Kier alpha value is -2.41. The summed E-state index contributed by atoms with van der Waals surface area (Å²) >= 11 is 5.89. The molecule has 18 heavy (non-hydrogen) atoms. The lowest BCUT2D eigenvalue weighted by atomic mass is 10.2. The average molecular weight is 266 g/mol. The second-order valence-electron chi connectivity index (χ2n) is 3.35. The van der Waals surface area contributed by atoms with Crippen molar-refractivity contribution >= 4 is 29.1 Å². The van der Waals surface area contributed by atoms with Crippen LogP contribution in [0.15, 0.2) is 24.5 Å². The first-order chi connectivity index (χ1) is 8.58. The molecular weight excluding hydrogens is 258 g/mol. The second-order valence-corrected chi connectivity index (χ2v) is 3.75. The van der Waals surface area contributed by atoms with Crippen molar-refractivity contribution in [3.63, 3.8) is 0 Å². The zero-order chi connectivity index (χ0) is 13.1. The Morgan fingerprint density at radius 1 is 1.39 bits per heavy atom. The molecule has 0 aliphatic carbocycles. The molecule has 2 amide bonds.